The Hall–Kier alpha value is -1.55. The zero-order chi connectivity index (χ0) is 13.4. The van der Waals surface area contributed by atoms with Gasteiger partial charge in [-0.15, -0.1) is 0 Å². The van der Waals surface area contributed by atoms with Crippen LogP contribution in [0.25, 0.3) is 0 Å². The van der Waals surface area contributed by atoms with Crippen LogP contribution in [0.3, 0.4) is 0 Å². The van der Waals surface area contributed by atoms with Gasteiger partial charge >= 0.3 is 5.69 Å². The van der Waals surface area contributed by atoms with Gasteiger partial charge in [0, 0.05) is 6.20 Å². The monoisotopic (exact) mass is 262 g/mol. The smallest absolute Gasteiger partial charge is 0.330 e. The Balaban J connectivity index is 2.48. The summed E-state index contributed by atoms with van der Waals surface area (Å²) >= 11 is 0. The lowest BCUT2D eigenvalue weighted by Gasteiger charge is -2.15. The maximum atomic E-state index is 13.1. The van der Waals surface area contributed by atoms with Gasteiger partial charge in [-0.25, -0.2) is 9.36 Å². The van der Waals surface area contributed by atoms with Crippen LogP contribution in [0.4, 0.5) is 4.39 Å². The maximum absolute atomic E-state index is 13.1. The minimum Gasteiger partial charge on any atom is -0.394 e. The van der Waals surface area contributed by atoms with E-state index in [0.29, 0.717) is 10.8 Å². The highest BCUT2D eigenvalue weighted by atomic mass is 19.1. The van der Waals surface area contributed by atoms with Gasteiger partial charge in [0.2, 0.25) is 5.82 Å². The van der Waals surface area contributed by atoms with Crippen molar-refractivity contribution >= 4 is 0 Å². The Morgan fingerprint density at radius 3 is 2.61 bits per heavy atom. The topological polar surface area (TPSA) is 125 Å². The average Bonchev–Trinajstić information content (AvgIpc) is 2.62. The number of ether oxygens (including phenoxy) is 1. The summed E-state index contributed by atoms with van der Waals surface area (Å²) in [6.07, 6.45) is -5.22. The van der Waals surface area contributed by atoms with E-state index in [1.807, 2.05) is 4.98 Å². The molecule has 0 unspecified atom stereocenters. The predicted octanol–water partition coefficient (Wildman–Crippen LogP) is -2.71. The van der Waals surface area contributed by atoms with Crippen LogP contribution in [-0.2, 0) is 4.74 Å². The van der Waals surface area contributed by atoms with Gasteiger partial charge in [-0.05, 0) is 0 Å². The summed E-state index contributed by atoms with van der Waals surface area (Å²) in [5.41, 5.74) is -2.27. The highest BCUT2D eigenvalue weighted by molar-refractivity contribution is 4.94. The lowest BCUT2D eigenvalue weighted by atomic mass is 10.1. The molecule has 4 atom stereocenters. The molecule has 0 amide bonds. The first kappa shape index (κ1) is 12.9. The quantitative estimate of drug-likeness (QED) is 0.459. The normalized spacial score (nSPS) is 31.8. The van der Waals surface area contributed by atoms with Crippen LogP contribution < -0.4 is 11.2 Å². The van der Waals surface area contributed by atoms with Crippen molar-refractivity contribution in [2.45, 2.75) is 24.5 Å². The van der Waals surface area contributed by atoms with E-state index in [4.69, 9.17) is 9.84 Å². The molecular weight excluding hydrogens is 251 g/mol. The molecule has 0 spiro atoms. The van der Waals surface area contributed by atoms with Crippen LogP contribution in [0, 0.1) is 5.82 Å². The van der Waals surface area contributed by atoms with Gasteiger partial charge in [-0.2, -0.15) is 4.39 Å². The third-order valence-corrected chi connectivity index (χ3v) is 2.74. The van der Waals surface area contributed by atoms with Gasteiger partial charge in [0.25, 0.3) is 5.56 Å². The molecule has 1 saturated heterocycles. The number of rotatable bonds is 2. The van der Waals surface area contributed by atoms with Crippen molar-refractivity contribution < 1.29 is 24.4 Å². The maximum Gasteiger partial charge on any atom is 0.330 e. The van der Waals surface area contributed by atoms with Crippen LogP contribution in [0.2, 0.25) is 0 Å². The summed E-state index contributed by atoms with van der Waals surface area (Å²) in [7, 11) is 0. The second-order valence-corrected chi connectivity index (χ2v) is 3.85. The van der Waals surface area contributed by atoms with E-state index in [1.165, 1.54) is 0 Å². The SMILES string of the molecule is O=c1[nH]cc(F)c(=O)n1[C@@H]1O[C@H](CO)[C@@H](O)[C@H]1O. The fourth-order valence-electron chi connectivity index (χ4n) is 1.79. The molecule has 1 aliphatic rings. The van der Waals surface area contributed by atoms with E-state index < -0.39 is 48.2 Å². The Morgan fingerprint density at radius 2 is 2.06 bits per heavy atom. The molecular formula is C9H11FN2O6. The second kappa shape index (κ2) is 4.61. The predicted molar refractivity (Wildman–Crippen MR) is 54.3 cm³/mol. The highest BCUT2D eigenvalue weighted by Crippen LogP contribution is 2.27. The molecule has 0 radical (unpaired) electrons. The zero-order valence-electron chi connectivity index (χ0n) is 8.99. The molecule has 0 saturated carbocycles. The number of aliphatic hydroxyl groups excluding tert-OH is 3. The van der Waals surface area contributed by atoms with Crippen molar-refractivity contribution in [1.29, 1.82) is 0 Å². The molecule has 8 nitrogen and oxygen atoms in total. The van der Waals surface area contributed by atoms with Crippen molar-refractivity contribution in [2.24, 2.45) is 0 Å². The fourth-order valence-corrected chi connectivity index (χ4v) is 1.79. The first-order valence-corrected chi connectivity index (χ1v) is 5.09. The van der Waals surface area contributed by atoms with Crippen molar-refractivity contribution in [1.82, 2.24) is 9.55 Å². The van der Waals surface area contributed by atoms with Crippen molar-refractivity contribution in [2.75, 3.05) is 6.61 Å². The third kappa shape index (κ3) is 1.86. The lowest BCUT2D eigenvalue weighted by molar-refractivity contribution is -0.0569. The van der Waals surface area contributed by atoms with E-state index in [1.54, 1.807) is 0 Å². The molecule has 2 rings (SSSR count). The van der Waals surface area contributed by atoms with E-state index >= 15 is 0 Å². The van der Waals surface area contributed by atoms with E-state index in [-0.39, 0.29) is 0 Å². The van der Waals surface area contributed by atoms with Gasteiger partial charge in [-0.1, -0.05) is 0 Å². The Bertz CT molecular complexity index is 555. The molecule has 1 fully saturated rings. The Morgan fingerprint density at radius 1 is 1.39 bits per heavy atom. The van der Waals surface area contributed by atoms with Gasteiger partial charge in [0.05, 0.1) is 6.61 Å². The van der Waals surface area contributed by atoms with Crippen LogP contribution >= 0.6 is 0 Å². The Labute approximate surface area is 98.9 Å². The van der Waals surface area contributed by atoms with Crippen LogP contribution in [-0.4, -0.2) is 49.8 Å². The van der Waals surface area contributed by atoms with Crippen LogP contribution in [0.1, 0.15) is 6.23 Å². The molecule has 0 bridgehead atoms. The third-order valence-electron chi connectivity index (χ3n) is 2.74. The molecule has 0 aromatic carbocycles. The number of nitrogens with zero attached hydrogens (tertiary/aromatic N) is 1. The number of aliphatic hydroxyl groups is 3. The number of hydrogen-bond acceptors (Lipinski definition) is 6. The van der Waals surface area contributed by atoms with Crippen molar-refractivity contribution in [3.8, 4) is 0 Å². The molecule has 1 aromatic heterocycles. The largest absolute Gasteiger partial charge is 0.394 e. The van der Waals surface area contributed by atoms with E-state index in [0.717, 1.165) is 0 Å². The highest BCUT2D eigenvalue weighted by Gasteiger charge is 2.44. The van der Waals surface area contributed by atoms with Crippen molar-refractivity contribution in [3.63, 3.8) is 0 Å². The first-order chi connectivity index (χ1) is 8.47. The lowest BCUT2D eigenvalue weighted by Crippen LogP contribution is -2.43. The van der Waals surface area contributed by atoms with Crippen LogP contribution in [0.15, 0.2) is 15.8 Å². The first-order valence-electron chi connectivity index (χ1n) is 5.09. The summed E-state index contributed by atoms with van der Waals surface area (Å²) < 4.78 is 18.3. The summed E-state index contributed by atoms with van der Waals surface area (Å²) in [5.74, 6) is -1.23. The Kier molecular flexibility index (Phi) is 3.30. The van der Waals surface area contributed by atoms with Crippen molar-refractivity contribution in [3.05, 3.63) is 32.9 Å². The summed E-state index contributed by atoms with van der Waals surface area (Å²) in [5, 5.41) is 28.0. The minimum absolute atomic E-state index is 0.318. The summed E-state index contributed by atoms with van der Waals surface area (Å²) in [6, 6.07) is 0. The average molecular weight is 262 g/mol. The number of nitrogens with one attached hydrogen (secondary N) is 1. The molecule has 1 aliphatic heterocycles. The standard InChI is InChI=1S/C9H11FN2O6/c10-3-1-11-9(17)12(7(3)16)8-6(15)5(14)4(2-13)18-8/h1,4-6,8,13-15H,2H2,(H,11,17)/t4-,5-,6-,8-/m1/s1. The molecule has 0 aliphatic carbocycles. The molecule has 9 heteroatoms. The number of aromatic amines is 1. The fraction of sp³-hybridized carbons (Fsp3) is 0.556. The van der Waals surface area contributed by atoms with Gasteiger partial charge < -0.3 is 25.0 Å². The molecule has 2 heterocycles. The molecule has 18 heavy (non-hydrogen) atoms. The second-order valence-electron chi connectivity index (χ2n) is 3.85. The summed E-state index contributed by atoms with van der Waals surface area (Å²) in [4.78, 5) is 24.8. The number of halogens is 1. The van der Waals surface area contributed by atoms with Gasteiger partial charge in [0.15, 0.2) is 6.23 Å². The van der Waals surface area contributed by atoms with E-state index in [2.05, 4.69) is 0 Å². The minimum atomic E-state index is -1.62. The molecule has 1 aromatic rings. The molecule has 100 valence electrons. The summed E-state index contributed by atoms with van der Waals surface area (Å²) in [6.45, 7) is -0.614. The van der Waals surface area contributed by atoms with Crippen LogP contribution in [0.5, 0.6) is 0 Å². The number of hydrogen-bond donors (Lipinski definition) is 4. The molecule has 4 N–H and O–H groups in total. The van der Waals surface area contributed by atoms with Gasteiger partial charge in [0.1, 0.15) is 18.3 Å². The zero-order valence-corrected chi connectivity index (χ0v) is 8.99. The van der Waals surface area contributed by atoms with E-state index in [9.17, 15) is 24.2 Å². The van der Waals surface area contributed by atoms with Gasteiger partial charge in [-0.3, -0.25) is 4.79 Å². The number of H-pyrrole nitrogens is 1. The number of aromatic nitrogens is 2.